The monoisotopic (exact) mass is 292 g/mol. The van der Waals surface area contributed by atoms with Crippen LogP contribution >= 0.6 is 0 Å². The zero-order valence-electron chi connectivity index (χ0n) is 12.6. The van der Waals surface area contributed by atoms with Crippen molar-refractivity contribution in [3.05, 3.63) is 35.9 Å². The van der Waals surface area contributed by atoms with Crippen molar-refractivity contribution in [3.8, 4) is 0 Å². The maximum atomic E-state index is 12.5. The van der Waals surface area contributed by atoms with Crippen LogP contribution in [-0.4, -0.2) is 56.9 Å². The SMILES string of the molecule is COCCN(Cc1ccccc1)C(=O)CC1CNCCO1. The largest absolute Gasteiger partial charge is 0.383 e. The summed E-state index contributed by atoms with van der Waals surface area (Å²) in [5.41, 5.74) is 1.13. The Hall–Kier alpha value is -1.43. The zero-order chi connectivity index (χ0) is 14.9. The van der Waals surface area contributed by atoms with Crippen LogP contribution in [0.4, 0.5) is 0 Å². The summed E-state index contributed by atoms with van der Waals surface area (Å²) in [6.07, 6.45) is 0.399. The number of carbonyl (C=O) groups excluding carboxylic acids is 1. The summed E-state index contributed by atoms with van der Waals surface area (Å²) in [5, 5.41) is 3.25. The number of hydrogen-bond donors (Lipinski definition) is 1. The summed E-state index contributed by atoms with van der Waals surface area (Å²) in [6, 6.07) is 10.0. The third-order valence-electron chi connectivity index (χ3n) is 3.54. The van der Waals surface area contributed by atoms with Crippen LogP contribution in [0.25, 0.3) is 0 Å². The van der Waals surface area contributed by atoms with Crippen LogP contribution in [-0.2, 0) is 20.8 Å². The molecule has 1 aliphatic heterocycles. The minimum absolute atomic E-state index is 0.0212. The van der Waals surface area contributed by atoms with Crippen molar-refractivity contribution < 1.29 is 14.3 Å². The van der Waals surface area contributed by atoms with Crippen LogP contribution < -0.4 is 5.32 Å². The van der Waals surface area contributed by atoms with Gasteiger partial charge in [-0.25, -0.2) is 0 Å². The fourth-order valence-corrected chi connectivity index (χ4v) is 2.37. The molecule has 1 N–H and O–H groups in total. The molecule has 0 saturated carbocycles. The Morgan fingerprint density at radius 1 is 1.43 bits per heavy atom. The van der Waals surface area contributed by atoms with Gasteiger partial charge < -0.3 is 19.7 Å². The lowest BCUT2D eigenvalue weighted by molar-refractivity contribution is -0.136. The number of carbonyl (C=O) groups is 1. The van der Waals surface area contributed by atoms with Crippen LogP contribution in [0.1, 0.15) is 12.0 Å². The number of amides is 1. The van der Waals surface area contributed by atoms with E-state index in [1.54, 1.807) is 7.11 Å². The number of benzene rings is 1. The van der Waals surface area contributed by atoms with Crippen molar-refractivity contribution in [1.29, 1.82) is 0 Å². The maximum absolute atomic E-state index is 12.5. The molecule has 0 bridgehead atoms. The minimum Gasteiger partial charge on any atom is -0.383 e. The molecule has 1 amide bonds. The highest BCUT2D eigenvalue weighted by Crippen LogP contribution is 2.09. The molecule has 1 aliphatic rings. The number of hydrogen-bond acceptors (Lipinski definition) is 4. The molecule has 1 unspecified atom stereocenters. The highest BCUT2D eigenvalue weighted by atomic mass is 16.5. The van der Waals surface area contributed by atoms with Crippen LogP contribution in [0.3, 0.4) is 0 Å². The first-order valence-electron chi connectivity index (χ1n) is 7.42. The standard InChI is InChI=1S/C16H24N2O3/c1-20-10-8-18(13-14-5-3-2-4-6-14)16(19)11-15-12-17-7-9-21-15/h2-6,15,17H,7-13H2,1H3. The molecule has 5 heteroatoms. The Bertz CT molecular complexity index is 419. The Kier molecular flexibility index (Phi) is 6.66. The normalized spacial score (nSPS) is 18.4. The van der Waals surface area contributed by atoms with Gasteiger partial charge >= 0.3 is 0 Å². The van der Waals surface area contributed by atoms with E-state index in [9.17, 15) is 4.79 Å². The van der Waals surface area contributed by atoms with Gasteiger partial charge in [0.15, 0.2) is 0 Å². The van der Waals surface area contributed by atoms with Crippen molar-refractivity contribution in [2.45, 2.75) is 19.1 Å². The third-order valence-corrected chi connectivity index (χ3v) is 3.54. The Morgan fingerprint density at radius 2 is 2.24 bits per heavy atom. The lowest BCUT2D eigenvalue weighted by Gasteiger charge is -2.27. The summed E-state index contributed by atoms with van der Waals surface area (Å²) >= 11 is 0. The average molecular weight is 292 g/mol. The van der Waals surface area contributed by atoms with E-state index in [1.807, 2.05) is 35.2 Å². The van der Waals surface area contributed by atoms with Crippen LogP contribution in [0.2, 0.25) is 0 Å². The highest BCUT2D eigenvalue weighted by Gasteiger charge is 2.21. The van der Waals surface area contributed by atoms with Gasteiger partial charge in [0.2, 0.25) is 5.91 Å². The van der Waals surface area contributed by atoms with E-state index in [2.05, 4.69) is 5.32 Å². The number of ether oxygens (including phenoxy) is 2. The second-order valence-electron chi connectivity index (χ2n) is 5.19. The third kappa shape index (κ3) is 5.46. The van der Waals surface area contributed by atoms with Gasteiger partial charge in [0.25, 0.3) is 0 Å². The fraction of sp³-hybridized carbons (Fsp3) is 0.562. The molecule has 5 nitrogen and oxygen atoms in total. The predicted octanol–water partition coefficient (Wildman–Crippen LogP) is 1.04. The number of morpholine rings is 1. The Balaban J connectivity index is 1.92. The van der Waals surface area contributed by atoms with Gasteiger partial charge in [0.05, 0.1) is 25.7 Å². The first-order valence-corrected chi connectivity index (χ1v) is 7.42. The van der Waals surface area contributed by atoms with Crippen molar-refractivity contribution in [3.63, 3.8) is 0 Å². The summed E-state index contributed by atoms with van der Waals surface area (Å²) in [5.74, 6) is 0.115. The molecule has 1 saturated heterocycles. The number of rotatable bonds is 7. The quantitative estimate of drug-likeness (QED) is 0.816. The molecule has 1 aromatic rings. The molecule has 0 spiro atoms. The fourth-order valence-electron chi connectivity index (χ4n) is 2.37. The summed E-state index contributed by atoms with van der Waals surface area (Å²) in [7, 11) is 1.65. The minimum atomic E-state index is -0.0212. The van der Waals surface area contributed by atoms with Gasteiger partial charge in [-0.05, 0) is 5.56 Å². The van der Waals surface area contributed by atoms with Gasteiger partial charge in [-0.3, -0.25) is 4.79 Å². The van der Waals surface area contributed by atoms with Gasteiger partial charge in [-0.1, -0.05) is 30.3 Å². The smallest absolute Gasteiger partial charge is 0.225 e. The van der Waals surface area contributed by atoms with Crippen LogP contribution in [0.5, 0.6) is 0 Å². The molecule has 0 radical (unpaired) electrons. The summed E-state index contributed by atoms with van der Waals surface area (Å²) < 4.78 is 10.7. The van der Waals surface area contributed by atoms with Crippen LogP contribution in [0.15, 0.2) is 30.3 Å². The van der Waals surface area contributed by atoms with E-state index in [0.29, 0.717) is 32.7 Å². The van der Waals surface area contributed by atoms with E-state index in [-0.39, 0.29) is 12.0 Å². The molecule has 1 aromatic carbocycles. The molecule has 21 heavy (non-hydrogen) atoms. The molecule has 0 aromatic heterocycles. The Labute approximate surface area is 126 Å². The molecule has 0 aliphatic carbocycles. The van der Waals surface area contributed by atoms with E-state index in [4.69, 9.17) is 9.47 Å². The van der Waals surface area contributed by atoms with E-state index in [1.165, 1.54) is 0 Å². The Morgan fingerprint density at radius 3 is 2.90 bits per heavy atom. The first kappa shape index (κ1) is 15.9. The topological polar surface area (TPSA) is 50.8 Å². The highest BCUT2D eigenvalue weighted by molar-refractivity contribution is 5.76. The summed E-state index contributed by atoms with van der Waals surface area (Å²) in [6.45, 7) is 4.04. The maximum Gasteiger partial charge on any atom is 0.225 e. The van der Waals surface area contributed by atoms with E-state index in [0.717, 1.165) is 18.7 Å². The van der Waals surface area contributed by atoms with Gasteiger partial charge in [0, 0.05) is 33.3 Å². The molecule has 1 atom stereocenters. The van der Waals surface area contributed by atoms with Crippen molar-refractivity contribution in [1.82, 2.24) is 10.2 Å². The first-order chi connectivity index (χ1) is 10.3. The van der Waals surface area contributed by atoms with Gasteiger partial charge in [-0.2, -0.15) is 0 Å². The van der Waals surface area contributed by atoms with E-state index < -0.39 is 0 Å². The van der Waals surface area contributed by atoms with Crippen molar-refractivity contribution in [2.75, 3.05) is 40.0 Å². The van der Waals surface area contributed by atoms with Gasteiger partial charge in [0.1, 0.15) is 0 Å². The predicted molar refractivity (Wildman–Crippen MR) is 81.0 cm³/mol. The van der Waals surface area contributed by atoms with E-state index >= 15 is 0 Å². The van der Waals surface area contributed by atoms with Crippen LogP contribution in [0, 0.1) is 0 Å². The zero-order valence-corrected chi connectivity index (χ0v) is 12.6. The summed E-state index contributed by atoms with van der Waals surface area (Å²) in [4.78, 5) is 14.3. The molecule has 116 valence electrons. The number of nitrogens with one attached hydrogen (secondary N) is 1. The second kappa shape index (κ2) is 8.77. The number of methoxy groups -OCH3 is 1. The molecule has 1 heterocycles. The van der Waals surface area contributed by atoms with Gasteiger partial charge in [-0.15, -0.1) is 0 Å². The molecular weight excluding hydrogens is 268 g/mol. The lowest BCUT2D eigenvalue weighted by atomic mass is 10.1. The van der Waals surface area contributed by atoms with Crippen molar-refractivity contribution in [2.24, 2.45) is 0 Å². The average Bonchev–Trinajstić information content (AvgIpc) is 2.53. The molecule has 2 rings (SSSR count). The molecule has 1 fully saturated rings. The number of nitrogens with zero attached hydrogens (tertiary/aromatic N) is 1. The second-order valence-corrected chi connectivity index (χ2v) is 5.19. The lowest BCUT2D eigenvalue weighted by Crippen LogP contribution is -2.43. The van der Waals surface area contributed by atoms with Crippen molar-refractivity contribution >= 4 is 5.91 Å². The molecular formula is C16H24N2O3.